The van der Waals surface area contributed by atoms with E-state index < -0.39 is 4.92 Å². The average molecular weight is 275 g/mol. The molecule has 0 fully saturated rings. The van der Waals surface area contributed by atoms with E-state index >= 15 is 0 Å². The maximum absolute atomic E-state index is 11.1. The zero-order chi connectivity index (χ0) is 14.7. The Labute approximate surface area is 116 Å². The van der Waals surface area contributed by atoms with Gasteiger partial charge in [-0.15, -0.1) is 0 Å². The molecule has 106 valence electrons. The molecular weight excluding hydrogens is 258 g/mol. The molecule has 0 aliphatic rings. The lowest BCUT2D eigenvalue weighted by atomic mass is 10.1. The summed E-state index contributed by atoms with van der Waals surface area (Å²) < 4.78 is 5.19. The summed E-state index contributed by atoms with van der Waals surface area (Å²) in [5, 5.41) is 15.1. The molecule has 0 aliphatic heterocycles. The van der Waals surface area contributed by atoms with Gasteiger partial charge < -0.3 is 10.1 Å². The molecule has 6 nitrogen and oxygen atoms in total. The van der Waals surface area contributed by atoms with Gasteiger partial charge in [0.1, 0.15) is 0 Å². The third-order valence-corrected chi connectivity index (χ3v) is 3.13. The standard InChI is InChI=1S/C14H17N3O3/c1-9-7-12(15-8-10(2)20-3)11-5-4-6-13(17(18)19)14(11)16-9/h4-7,10H,8H2,1-3H3,(H,15,16). The van der Waals surface area contributed by atoms with Crippen molar-refractivity contribution < 1.29 is 9.66 Å². The van der Waals surface area contributed by atoms with Gasteiger partial charge in [0.15, 0.2) is 5.52 Å². The third-order valence-electron chi connectivity index (χ3n) is 3.13. The van der Waals surface area contributed by atoms with E-state index in [-0.39, 0.29) is 11.8 Å². The molecule has 1 aromatic heterocycles. The molecule has 0 amide bonds. The normalized spacial score (nSPS) is 12.3. The number of nitro groups is 1. The Bertz CT molecular complexity index is 643. The van der Waals surface area contributed by atoms with Crippen molar-refractivity contribution in [1.82, 2.24) is 4.98 Å². The van der Waals surface area contributed by atoms with E-state index in [1.807, 2.05) is 26.0 Å². The first-order chi connectivity index (χ1) is 9.52. The number of benzene rings is 1. The summed E-state index contributed by atoms with van der Waals surface area (Å²) in [6.45, 7) is 4.39. The highest BCUT2D eigenvalue weighted by Gasteiger charge is 2.15. The fourth-order valence-corrected chi connectivity index (χ4v) is 1.99. The van der Waals surface area contributed by atoms with Gasteiger partial charge >= 0.3 is 0 Å². The number of fused-ring (bicyclic) bond motifs is 1. The van der Waals surface area contributed by atoms with Gasteiger partial charge in [-0.2, -0.15) is 0 Å². The molecule has 0 spiro atoms. The van der Waals surface area contributed by atoms with Crippen LogP contribution in [-0.4, -0.2) is 29.7 Å². The summed E-state index contributed by atoms with van der Waals surface area (Å²) in [5.41, 5.74) is 2.00. The highest BCUT2D eigenvalue weighted by atomic mass is 16.6. The summed E-state index contributed by atoms with van der Waals surface area (Å²) in [6.07, 6.45) is 0.0530. The number of rotatable bonds is 5. The Hall–Kier alpha value is -2.21. The number of anilines is 1. The van der Waals surface area contributed by atoms with Crippen LogP contribution in [0.2, 0.25) is 0 Å². The van der Waals surface area contributed by atoms with Crippen LogP contribution in [0.5, 0.6) is 0 Å². The van der Waals surface area contributed by atoms with Crippen molar-refractivity contribution in [2.75, 3.05) is 19.0 Å². The number of hydrogen-bond donors (Lipinski definition) is 1. The minimum atomic E-state index is -0.406. The van der Waals surface area contributed by atoms with E-state index in [0.29, 0.717) is 12.1 Å². The lowest BCUT2D eigenvalue weighted by Crippen LogP contribution is -2.18. The lowest BCUT2D eigenvalue weighted by Gasteiger charge is -2.14. The fraction of sp³-hybridized carbons (Fsp3) is 0.357. The minimum absolute atomic E-state index is 0.0223. The smallest absolute Gasteiger partial charge is 0.295 e. The zero-order valence-electron chi connectivity index (χ0n) is 11.7. The van der Waals surface area contributed by atoms with Crippen molar-refractivity contribution in [3.8, 4) is 0 Å². The van der Waals surface area contributed by atoms with Crippen molar-refractivity contribution in [3.05, 3.63) is 40.1 Å². The molecule has 6 heteroatoms. The zero-order valence-corrected chi connectivity index (χ0v) is 11.7. The first-order valence-electron chi connectivity index (χ1n) is 6.34. The van der Waals surface area contributed by atoms with Gasteiger partial charge in [0.2, 0.25) is 0 Å². The molecule has 1 atom stereocenters. The van der Waals surface area contributed by atoms with E-state index in [9.17, 15) is 10.1 Å². The lowest BCUT2D eigenvalue weighted by molar-refractivity contribution is -0.383. The number of para-hydroxylation sites is 1. The molecule has 0 bridgehead atoms. The van der Waals surface area contributed by atoms with Gasteiger partial charge in [-0.1, -0.05) is 12.1 Å². The number of hydrogen-bond acceptors (Lipinski definition) is 5. The van der Waals surface area contributed by atoms with Crippen LogP contribution in [0.1, 0.15) is 12.6 Å². The van der Waals surface area contributed by atoms with E-state index in [0.717, 1.165) is 16.8 Å². The predicted octanol–water partition coefficient (Wildman–Crippen LogP) is 2.90. The summed E-state index contributed by atoms with van der Waals surface area (Å²) in [6, 6.07) is 6.85. The molecule has 20 heavy (non-hydrogen) atoms. The molecule has 2 aromatic rings. The van der Waals surface area contributed by atoms with Crippen molar-refractivity contribution in [2.45, 2.75) is 20.0 Å². The van der Waals surface area contributed by atoms with Crippen molar-refractivity contribution in [3.63, 3.8) is 0 Å². The second-order valence-electron chi connectivity index (χ2n) is 4.67. The molecule has 1 N–H and O–H groups in total. The van der Waals surface area contributed by atoms with Crippen LogP contribution < -0.4 is 5.32 Å². The van der Waals surface area contributed by atoms with Crippen LogP contribution in [0.3, 0.4) is 0 Å². The maximum atomic E-state index is 11.1. The molecule has 1 unspecified atom stereocenters. The number of aromatic nitrogens is 1. The Kier molecular flexibility index (Phi) is 4.14. The summed E-state index contributed by atoms with van der Waals surface area (Å²) in [4.78, 5) is 15.0. The second kappa shape index (κ2) is 5.83. The number of non-ortho nitro benzene ring substituents is 1. The van der Waals surface area contributed by atoms with Crippen LogP contribution >= 0.6 is 0 Å². The maximum Gasteiger partial charge on any atom is 0.295 e. The number of methoxy groups -OCH3 is 1. The predicted molar refractivity (Wildman–Crippen MR) is 78.1 cm³/mol. The van der Waals surface area contributed by atoms with Crippen molar-refractivity contribution >= 4 is 22.3 Å². The molecule has 1 heterocycles. The van der Waals surface area contributed by atoms with E-state index in [1.54, 1.807) is 13.2 Å². The highest BCUT2D eigenvalue weighted by molar-refractivity contribution is 5.96. The van der Waals surface area contributed by atoms with E-state index in [4.69, 9.17) is 4.74 Å². The summed E-state index contributed by atoms with van der Waals surface area (Å²) in [7, 11) is 1.65. The van der Waals surface area contributed by atoms with Gasteiger partial charge in [0, 0.05) is 36.5 Å². The van der Waals surface area contributed by atoms with Crippen molar-refractivity contribution in [2.24, 2.45) is 0 Å². The number of nitrogens with zero attached hydrogens (tertiary/aromatic N) is 2. The Morgan fingerprint density at radius 2 is 2.25 bits per heavy atom. The number of aryl methyl sites for hydroxylation is 1. The van der Waals surface area contributed by atoms with Crippen LogP contribution in [0, 0.1) is 17.0 Å². The van der Waals surface area contributed by atoms with Crippen LogP contribution in [0.4, 0.5) is 11.4 Å². The monoisotopic (exact) mass is 275 g/mol. The van der Waals surface area contributed by atoms with Crippen LogP contribution in [-0.2, 0) is 4.74 Å². The van der Waals surface area contributed by atoms with E-state index in [2.05, 4.69) is 10.3 Å². The molecule has 0 radical (unpaired) electrons. The van der Waals surface area contributed by atoms with Gasteiger partial charge in [-0.25, -0.2) is 4.98 Å². The molecule has 0 saturated heterocycles. The van der Waals surface area contributed by atoms with Gasteiger partial charge in [-0.3, -0.25) is 10.1 Å². The highest BCUT2D eigenvalue weighted by Crippen LogP contribution is 2.29. The topological polar surface area (TPSA) is 77.3 Å². The first-order valence-corrected chi connectivity index (χ1v) is 6.34. The van der Waals surface area contributed by atoms with Crippen LogP contribution in [0.15, 0.2) is 24.3 Å². The number of nitrogens with one attached hydrogen (secondary N) is 1. The average Bonchev–Trinajstić information content (AvgIpc) is 2.43. The van der Waals surface area contributed by atoms with E-state index in [1.165, 1.54) is 6.07 Å². The molecule has 0 saturated carbocycles. The largest absolute Gasteiger partial charge is 0.382 e. The minimum Gasteiger partial charge on any atom is -0.382 e. The van der Waals surface area contributed by atoms with Crippen molar-refractivity contribution in [1.29, 1.82) is 0 Å². The third kappa shape index (κ3) is 2.85. The molecular formula is C14H17N3O3. The summed E-state index contributed by atoms with van der Waals surface area (Å²) in [5.74, 6) is 0. The Balaban J connectivity index is 2.49. The molecule has 1 aromatic carbocycles. The number of pyridine rings is 1. The Morgan fingerprint density at radius 1 is 1.50 bits per heavy atom. The van der Waals surface area contributed by atoms with Gasteiger partial charge in [0.05, 0.1) is 11.0 Å². The number of nitro benzene ring substituents is 1. The number of ether oxygens (including phenoxy) is 1. The fourth-order valence-electron chi connectivity index (χ4n) is 1.99. The molecule has 0 aliphatic carbocycles. The first kappa shape index (κ1) is 14.2. The SMILES string of the molecule is COC(C)CNc1cc(C)nc2c([N+](=O)[O-])cccc12. The quantitative estimate of drug-likeness (QED) is 0.670. The van der Waals surface area contributed by atoms with Crippen LogP contribution in [0.25, 0.3) is 10.9 Å². The van der Waals surface area contributed by atoms with Gasteiger partial charge in [0.25, 0.3) is 5.69 Å². The Morgan fingerprint density at radius 3 is 2.90 bits per heavy atom. The second-order valence-corrected chi connectivity index (χ2v) is 4.67. The van der Waals surface area contributed by atoms with Gasteiger partial charge in [-0.05, 0) is 19.9 Å². The molecule has 2 rings (SSSR count). The summed E-state index contributed by atoms with van der Waals surface area (Å²) >= 11 is 0.